The summed E-state index contributed by atoms with van der Waals surface area (Å²) in [7, 11) is 1.75. The predicted octanol–water partition coefficient (Wildman–Crippen LogP) is 5.81. The first kappa shape index (κ1) is 21.7. The Hall–Kier alpha value is -2.59. The van der Waals surface area contributed by atoms with E-state index in [9.17, 15) is 4.79 Å². The Labute approximate surface area is 168 Å². The molecule has 0 aromatic heterocycles. The van der Waals surface area contributed by atoms with Gasteiger partial charge < -0.3 is 14.2 Å². The van der Waals surface area contributed by atoms with Crippen molar-refractivity contribution >= 4 is 5.97 Å². The summed E-state index contributed by atoms with van der Waals surface area (Å²) in [6.45, 7) is 5.01. The molecule has 0 aliphatic rings. The van der Waals surface area contributed by atoms with E-state index in [2.05, 4.69) is 6.58 Å². The van der Waals surface area contributed by atoms with Crippen molar-refractivity contribution in [2.24, 2.45) is 0 Å². The van der Waals surface area contributed by atoms with Crippen LogP contribution in [0.4, 0.5) is 0 Å². The molecule has 0 aliphatic carbocycles. The fourth-order valence-electron chi connectivity index (χ4n) is 2.86. The van der Waals surface area contributed by atoms with Crippen molar-refractivity contribution in [3.05, 3.63) is 61.2 Å². The van der Waals surface area contributed by atoms with Gasteiger partial charge in [-0.25, -0.2) is 4.79 Å². The van der Waals surface area contributed by atoms with Crippen LogP contribution in [0.1, 0.15) is 38.5 Å². The zero-order chi connectivity index (χ0) is 20.0. The number of carbonyl (C=O) groups excluding carboxylic acids is 1. The molecule has 0 heterocycles. The summed E-state index contributed by atoms with van der Waals surface area (Å²) in [5.41, 5.74) is 2.14. The molecule has 0 radical (unpaired) electrons. The van der Waals surface area contributed by atoms with Gasteiger partial charge in [0, 0.05) is 19.8 Å². The summed E-state index contributed by atoms with van der Waals surface area (Å²) in [6, 6.07) is 15.5. The van der Waals surface area contributed by atoms with Crippen LogP contribution in [0.15, 0.2) is 61.2 Å². The standard InChI is InChI=1S/C24H30O4/c1-3-24(25)28-23-16-12-21(13-17-23)20-10-14-22(15-11-20)27-19-9-7-5-4-6-8-18-26-2/h3,10-17H,1,4-9,18-19H2,2H3. The molecule has 0 unspecified atom stereocenters. The van der Waals surface area contributed by atoms with E-state index >= 15 is 0 Å². The van der Waals surface area contributed by atoms with Crippen LogP contribution < -0.4 is 9.47 Å². The smallest absolute Gasteiger partial charge is 0.335 e. The monoisotopic (exact) mass is 382 g/mol. The molecule has 0 atom stereocenters. The number of unbranched alkanes of at least 4 members (excludes halogenated alkanes) is 5. The highest BCUT2D eigenvalue weighted by Gasteiger charge is 2.02. The lowest BCUT2D eigenvalue weighted by molar-refractivity contribution is -0.128. The molecule has 2 aromatic carbocycles. The second-order valence-corrected chi connectivity index (χ2v) is 6.64. The number of esters is 1. The normalized spacial score (nSPS) is 10.5. The Bertz CT molecular complexity index is 704. The number of hydrogen-bond donors (Lipinski definition) is 0. The molecule has 0 spiro atoms. The Morgan fingerprint density at radius 2 is 1.29 bits per heavy atom. The number of rotatable bonds is 13. The van der Waals surface area contributed by atoms with Crippen LogP contribution in [0.2, 0.25) is 0 Å². The second-order valence-electron chi connectivity index (χ2n) is 6.64. The minimum Gasteiger partial charge on any atom is -0.494 e. The lowest BCUT2D eigenvalue weighted by Gasteiger charge is -2.08. The van der Waals surface area contributed by atoms with Gasteiger partial charge in [-0.05, 0) is 48.2 Å². The summed E-state index contributed by atoms with van der Waals surface area (Å²) in [5.74, 6) is 0.938. The van der Waals surface area contributed by atoms with E-state index in [-0.39, 0.29) is 0 Å². The van der Waals surface area contributed by atoms with E-state index in [1.807, 2.05) is 36.4 Å². The zero-order valence-corrected chi connectivity index (χ0v) is 16.7. The number of benzene rings is 2. The summed E-state index contributed by atoms with van der Waals surface area (Å²) in [5, 5.41) is 0. The van der Waals surface area contributed by atoms with E-state index in [1.165, 1.54) is 25.7 Å². The molecule has 0 fully saturated rings. The van der Waals surface area contributed by atoms with Gasteiger partial charge in [0.1, 0.15) is 11.5 Å². The Kier molecular flexibility index (Phi) is 9.87. The molecule has 2 aromatic rings. The van der Waals surface area contributed by atoms with Crippen molar-refractivity contribution in [2.75, 3.05) is 20.3 Å². The first-order valence-corrected chi connectivity index (χ1v) is 9.89. The fourth-order valence-corrected chi connectivity index (χ4v) is 2.86. The van der Waals surface area contributed by atoms with Crippen molar-refractivity contribution in [3.63, 3.8) is 0 Å². The number of carbonyl (C=O) groups is 1. The third-order valence-corrected chi connectivity index (χ3v) is 4.44. The highest BCUT2D eigenvalue weighted by atomic mass is 16.5. The van der Waals surface area contributed by atoms with E-state index in [4.69, 9.17) is 14.2 Å². The van der Waals surface area contributed by atoms with Crippen molar-refractivity contribution in [1.82, 2.24) is 0 Å². The highest BCUT2D eigenvalue weighted by molar-refractivity contribution is 5.83. The molecule has 28 heavy (non-hydrogen) atoms. The molecule has 0 saturated carbocycles. The molecule has 2 rings (SSSR count). The predicted molar refractivity (Wildman–Crippen MR) is 113 cm³/mol. The van der Waals surface area contributed by atoms with Gasteiger partial charge in [0.25, 0.3) is 0 Å². The average molecular weight is 383 g/mol. The molecule has 0 aliphatic heterocycles. The largest absolute Gasteiger partial charge is 0.494 e. The van der Waals surface area contributed by atoms with E-state index in [0.29, 0.717) is 5.75 Å². The first-order chi connectivity index (χ1) is 13.7. The van der Waals surface area contributed by atoms with Gasteiger partial charge in [0.2, 0.25) is 0 Å². The molecular weight excluding hydrogens is 352 g/mol. The lowest BCUT2D eigenvalue weighted by atomic mass is 10.1. The van der Waals surface area contributed by atoms with Gasteiger partial charge in [-0.1, -0.05) is 56.5 Å². The maximum Gasteiger partial charge on any atom is 0.335 e. The molecule has 4 heteroatoms. The van der Waals surface area contributed by atoms with Crippen molar-refractivity contribution < 1.29 is 19.0 Å². The van der Waals surface area contributed by atoms with E-state index in [1.54, 1.807) is 19.2 Å². The quantitative estimate of drug-likeness (QED) is 0.190. The van der Waals surface area contributed by atoms with Crippen LogP contribution in [-0.4, -0.2) is 26.3 Å². The van der Waals surface area contributed by atoms with Gasteiger partial charge in [-0.15, -0.1) is 0 Å². The van der Waals surface area contributed by atoms with Gasteiger partial charge in [-0.3, -0.25) is 0 Å². The third kappa shape index (κ3) is 7.97. The van der Waals surface area contributed by atoms with Crippen LogP contribution in [0.5, 0.6) is 11.5 Å². The molecule has 0 saturated heterocycles. The number of methoxy groups -OCH3 is 1. The van der Waals surface area contributed by atoms with Gasteiger partial charge in [-0.2, -0.15) is 0 Å². The molecule has 0 bridgehead atoms. The molecule has 0 N–H and O–H groups in total. The Balaban J connectivity index is 1.70. The Morgan fingerprint density at radius 1 is 0.786 bits per heavy atom. The summed E-state index contributed by atoms with van der Waals surface area (Å²) in [6.07, 6.45) is 8.35. The third-order valence-electron chi connectivity index (χ3n) is 4.44. The summed E-state index contributed by atoms with van der Waals surface area (Å²) in [4.78, 5) is 11.2. The minimum absolute atomic E-state index is 0.458. The fraction of sp³-hybridized carbons (Fsp3) is 0.375. The van der Waals surface area contributed by atoms with E-state index < -0.39 is 5.97 Å². The van der Waals surface area contributed by atoms with Crippen LogP contribution in [-0.2, 0) is 9.53 Å². The second kappa shape index (κ2) is 12.7. The van der Waals surface area contributed by atoms with Crippen molar-refractivity contribution in [1.29, 1.82) is 0 Å². The summed E-state index contributed by atoms with van der Waals surface area (Å²) < 4.78 is 16.0. The Morgan fingerprint density at radius 3 is 1.82 bits per heavy atom. The number of ether oxygens (including phenoxy) is 3. The highest BCUT2D eigenvalue weighted by Crippen LogP contribution is 2.25. The maximum atomic E-state index is 11.2. The van der Waals surface area contributed by atoms with Gasteiger partial charge in [0.05, 0.1) is 6.61 Å². The topological polar surface area (TPSA) is 44.8 Å². The van der Waals surface area contributed by atoms with Crippen molar-refractivity contribution in [3.8, 4) is 22.6 Å². The van der Waals surface area contributed by atoms with Crippen LogP contribution in [0, 0.1) is 0 Å². The molecular formula is C24H30O4. The molecule has 150 valence electrons. The molecule has 0 amide bonds. The lowest BCUT2D eigenvalue weighted by Crippen LogP contribution is -2.02. The average Bonchev–Trinajstić information content (AvgIpc) is 2.73. The van der Waals surface area contributed by atoms with Crippen LogP contribution in [0.3, 0.4) is 0 Å². The van der Waals surface area contributed by atoms with Crippen LogP contribution in [0.25, 0.3) is 11.1 Å². The van der Waals surface area contributed by atoms with Crippen molar-refractivity contribution in [2.45, 2.75) is 38.5 Å². The SMILES string of the molecule is C=CC(=O)Oc1ccc(-c2ccc(OCCCCCCCCOC)cc2)cc1. The van der Waals surface area contributed by atoms with Gasteiger partial charge >= 0.3 is 5.97 Å². The number of hydrogen-bond acceptors (Lipinski definition) is 4. The van der Waals surface area contributed by atoms with Gasteiger partial charge in [0.15, 0.2) is 0 Å². The molecule has 4 nitrogen and oxygen atoms in total. The van der Waals surface area contributed by atoms with E-state index in [0.717, 1.165) is 49.0 Å². The minimum atomic E-state index is -0.458. The zero-order valence-electron chi connectivity index (χ0n) is 16.7. The maximum absolute atomic E-state index is 11.2. The summed E-state index contributed by atoms with van der Waals surface area (Å²) >= 11 is 0. The first-order valence-electron chi connectivity index (χ1n) is 9.89. The van der Waals surface area contributed by atoms with Crippen LogP contribution >= 0.6 is 0 Å².